The van der Waals surface area contributed by atoms with Crippen molar-refractivity contribution in [2.75, 3.05) is 23.9 Å². The number of methoxy groups -OCH3 is 1. The summed E-state index contributed by atoms with van der Waals surface area (Å²) in [5, 5.41) is 16.2. The second kappa shape index (κ2) is 16.5. The molecule has 9 rings (SSSR count). The van der Waals surface area contributed by atoms with Crippen LogP contribution >= 0.6 is 11.6 Å². The number of nitrogens with zero attached hydrogens (tertiary/aromatic N) is 2. The molecule has 3 aliphatic heterocycles. The van der Waals surface area contributed by atoms with Gasteiger partial charge in [-0.2, -0.15) is 0 Å². The van der Waals surface area contributed by atoms with E-state index in [-0.39, 0.29) is 61.2 Å². The van der Waals surface area contributed by atoms with Gasteiger partial charge in [0.25, 0.3) is 5.91 Å². The number of hydrogen-bond acceptors (Lipinski definition) is 6. The highest BCUT2D eigenvalue weighted by Gasteiger charge is 2.66. The number of aliphatic hydroxyl groups is 1. The molecule has 62 heavy (non-hydrogen) atoms. The van der Waals surface area contributed by atoms with E-state index >= 15 is 4.79 Å². The number of ether oxygens (including phenoxy) is 2. The topological polar surface area (TPSA) is 124 Å². The minimum Gasteiger partial charge on any atom is -0.497 e. The number of rotatable bonds is 11. The highest BCUT2D eigenvalue weighted by Crippen LogP contribution is 2.60. The van der Waals surface area contributed by atoms with Crippen molar-refractivity contribution in [3.05, 3.63) is 154 Å². The highest BCUT2D eigenvalue weighted by molar-refractivity contribution is 6.91. The van der Waals surface area contributed by atoms with Crippen LogP contribution in [0.5, 0.6) is 5.75 Å². The molecule has 4 heterocycles. The number of hydrogen-bond donors (Lipinski definition) is 3. The van der Waals surface area contributed by atoms with E-state index in [4.69, 9.17) is 21.1 Å². The second-order valence-electron chi connectivity index (χ2n) is 17.5. The zero-order valence-electron chi connectivity index (χ0n) is 35.4. The van der Waals surface area contributed by atoms with Gasteiger partial charge in [-0.25, -0.2) is 0 Å². The average molecular weight is 868 g/mol. The Bertz CT molecular complexity index is 2680. The zero-order chi connectivity index (χ0) is 43.3. The summed E-state index contributed by atoms with van der Waals surface area (Å²) in [6.45, 7) is 7.13. The van der Waals surface area contributed by atoms with Gasteiger partial charge in [-0.1, -0.05) is 104 Å². The lowest BCUT2D eigenvalue weighted by Crippen LogP contribution is -2.52. The summed E-state index contributed by atoms with van der Waals surface area (Å²) in [6, 6.07) is 36.8. The normalized spacial score (nSPS) is 21.9. The lowest BCUT2D eigenvalue weighted by Gasteiger charge is -2.39. The Labute approximate surface area is 367 Å². The standard InChI is InChI=1S/C50H51ClN4O6Si/c1-31-48(62(3,4)40-19-17-39(60-2)18-20-40)45(26-47(58)54-29-34-12-6-5-11-33(34)23-38(54)30-56)61-50(31)42-25-36(51)16-21-44(42)55(49(50)59)28-32-10-9-13-37(22-32)53-46(57)24-35-27-52-43-15-8-7-14-41(35)43/h5-22,25,27,31,38,45,48,52,56H,23-24,26,28-30H2,1-4H3,(H,53,57)/t31-,38+,45+,48-,50+/m1/s1. The van der Waals surface area contributed by atoms with E-state index in [0.717, 1.165) is 44.1 Å². The summed E-state index contributed by atoms with van der Waals surface area (Å²) in [6.07, 6.45) is 2.07. The molecular formula is C50H51ClN4O6Si. The monoisotopic (exact) mass is 866 g/mol. The first-order valence-electron chi connectivity index (χ1n) is 21.3. The van der Waals surface area contributed by atoms with Crippen LogP contribution in [0.1, 0.15) is 41.2 Å². The summed E-state index contributed by atoms with van der Waals surface area (Å²) in [4.78, 5) is 50.3. The Balaban J connectivity index is 1.04. The quantitative estimate of drug-likeness (QED) is 0.113. The predicted molar refractivity (Wildman–Crippen MR) is 245 cm³/mol. The first-order chi connectivity index (χ1) is 29.9. The Kier molecular flexibility index (Phi) is 11.1. The molecule has 1 fully saturated rings. The molecule has 3 N–H and O–H groups in total. The van der Waals surface area contributed by atoms with E-state index in [9.17, 15) is 14.7 Å². The van der Waals surface area contributed by atoms with Crippen molar-refractivity contribution >= 4 is 64.9 Å². The van der Waals surface area contributed by atoms with Gasteiger partial charge < -0.3 is 34.7 Å². The van der Waals surface area contributed by atoms with Crippen LogP contribution in [-0.2, 0) is 50.7 Å². The molecule has 10 nitrogen and oxygen atoms in total. The maximum atomic E-state index is 15.5. The number of aromatic amines is 1. The van der Waals surface area contributed by atoms with Crippen molar-refractivity contribution in [3.63, 3.8) is 0 Å². The van der Waals surface area contributed by atoms with Gasteiger partial charge in [-0.15, -0.1) is 0 Å². The number of benzene rings is 5. The van der Waals surface area contributed by atoms with Crippen molar-refractivity contribution in [3.8, 4) is 5.75 Å². The predicted octanol–water partition coefficient (Wildman–Crippen LogP) is 8.11. The van der Waals surface area contributed by atoms with E-state index in [0.29, 0.717) is 34.9 Å². The third-order valence-corrected chi connectivity index (χ3v) is 18.2. The fraction of sp³-hybridized carbons (Fsp3) is 0.300. The van der Waals surface area contributed by atoms with E-state index in [1.807, 2.05) is 97.2 Å². The summed E-state index contributed by atoms with van der Waals surface area (Å²) < 4.78 is 12.8. The van der Waals surface area contributed by atoms with Crippen LogP contribution in [0.3, 0.4) is 0 Å². The molecule has 0 aliphatic carbocycles. The average Bonchev–Trinajstić information content (AvgIpc) is 3.89. The molecule has 12 heteroatoms. The molecule has 5 atom stereocenters. The van der Waals surface area contributed by atoms with Crippen LogP contribution in [0.15, 0.2) is 121 Å². The summed E-state index contributed by atoms with van der Waals surface area (Å²) in [5.41, 5.74) is 5.31. The number of fused-ring (bicyclic) bond motifs is 4. The third kappa shape index (κ3) is 7.30. The Morgan fingerprint density at radius 1 is 0.968 bits per heavy atom. The van der Waals surface area contributed by atoms with Crippen molar-refractivity contribution in [2.24, 2.45) is 5.92 Å². The van der Waals surface area contributed by atoms with E-state index in [1.54, 1.807) is 23.0 Å². The molecular weight excluding hydrogens is 816 g/mol. The Morgan fingerprint density at radius 3 is 2.50 bits per heavy atom. The zero-order valence-corrected chi connectivity index (χ0v) is 37.1. The lowest BCUT2D eigenvalue weighted by atomic mass is 9.82. The molecule has 6 aromatic rings. The van der Waals surface area contributed by atoms with Crippen LogP contribution in [0.2, 0.25) is 23.7 Å². The smallest absolute Gasteiger partial charge is 0.264 e. The SMILES string of the molecule is COc1ccc([Si](C)(C)[C@H]2[C@H](CC(=O)N3Cc4ccccc4C[C@H]3CO)O[C@@]3(C(=O)N(Cc4cccc(NC(=O)Cc5c[nH]c6ccccc56)c4)c4ccc(Cl)cc43)[C@@H]2C)cc1. The van der Waals surface area contributed by atoms with Gasteiger partial charge in [0.2, 0.25) is 11.8 Å². The maximum Gasteiger partial charge on any atom is 0.264 e. The van der Waals surface area contributed by atoms with Gasteiger partial charge in [0.05, 0.1) is 59.0 Å². The number of nitrogens with one attached hydrogen (secondary N) is 2. The van der Waals surface area contributed by atoms with Gasteiger partial charge in [0, 0.05) is 45.8 Å². The molecule has 318 valence electrons. The molecule has 0 bridgehead atoms. The molecule has 1 spiro atoms. The number of aromatic nitrogens is 1. The molecule has 0 unspecified atom stereocenters. The van der Waals surface area contributed by atoms with Crippen LogP contribution in [0, 0.1) is 5.92 Å². The maximum absolute atomic E-state index is 15.5. The summed E-state index contributed by atoms with van der Waals surface area (Å²) in [5.74, 6) is -0.0820. The number of para-hydroxylation sites is 1. The molecule has 1 aromatic heterocycles. The van der Waals surface area contributed by atoms with Crippen molar-refractivity contribution in [2.45, 2.75) is 75.7 Å². The van der Waals surface area contributed by atoms with Crippen LogP contribution in [0.4, 0.5) is 11.4 Å². The molecule has 3 amide bonds. The number of anilines is 2. The highest BCUT2D eigenvalue weighted by atomic mass is 35.5. The number of H-pyrrole nitrogens is 1. The summed E-state index contributed by atoms with van der Waals surface area (Å²) in [7, 11) is -0.924. The fourth-order valence-corrected chi connectivity index (χ4v) is 14.7. The van der Waals surface area contributed by atoms with Gasteiger partial charge in [0.15, 0.2) is 5.60 Å². The second-order valence-corrected chi connectivity index (χ2v) is 22.7. The van der Waals surface area contributed by atoms with Crippen molar-refractivity contribution < 1.29 is 29.0 Å². The van der Waals surface area contributed by atoms with Gasteiger partial charge in [-0.3, -0.25) is 14.4 Å². The minimum absolute atomic E-state index is 0.0471. The van der Waals surface area contributed by atoms with Gasteiger partial charge >= 0.3 is 0 Å². The molecule has 5 aromatic carbocycles. The first kappa shape index (κ1) is 41.6. The number of carbonyl (C=O) groups excluding carboxylic acids is 3. The molecule has 1 saturated heterocycles. The largest absolute Gasteiger partial charge is 0.497 e. The molecule has 0 radical (unpaired) electrons. The first-order valence-corrected chi connectivity index (χ1v) is 24.7. The number of aliphatic hydroxyl groups excluding tert-OH is 1. The van der Waals surface area contributed by atoms with Gasteiger partial charge in [-0.05, 0) is 82.7 Å². The van der Waals surface area contributed by atoms with Gasteiger partial charge in [0.1, 0.15) is 5.75 Å². The lowest BCUT2D eigenvalue weighted by molar-refractivity contribution is -0.151. The van der Waals surface area contributed by atoms with E-state index < -0.39 is 19.8 Å². The minimum atomic E-state index is -2.57. The fourth-order valence-electron chi connectivity index (χ4n) is 10.6. The third-order valence-electron chi connectivity index (χ3n) is 13.6. The number of amides is 3. The molecule has 3 aliphatic rings. The number of carbonyl (C=O) groups is 3. The Morgan fingerprint density at radius 2 is 1.73 bits per heavy atom. The summed E-state index contributed by atoms with van der Waals surface area (Å²) >= 11 is 6.77. The number of halogens is 1. The van der Waals surface area contributed by atoms with Crippen molar-refractivity contribution in [1.82, 2.24) is 9.88 Å². The molecule has 0 saturated carbocycles. The van der Waals surface area contributed by atoms with E-state index in [2.05, 4.69) is 48.5 Å². The van der Waals surface area contributed by atoms with Crippen LogP contribution < -0.4 is 20.1 Å². The Hall–Kier alpha value is -5.72. The van der Waals surface area contributed by atoms with Crippen molar-refractivity contribution in [1.29, 1.82) is 0 Å². The van der Waals surface area contributed by atoms with E-state index in [1.165, 1.54) is 0 Å². The van der Waals surface area contributed by atoms with Crippen LogP contribution in [0.25, 0.3) is 10.9 Å². The van der Waals surface area contributed by atoms with Crippen LogP contribution in [-0.4, -0.2) is 66.6 Å².